The molecule has 0 fully saturated rings. The van der Waals surface area contributed by atoms with Gasteiger partial charge in [-0.05, 0) is 19.1 Å². The molecule has 2 heterocycles. The molecule has 0 aromatic carbocycles. The molecule has 0 amide bonds. The molecule has 0 aliphatic rings. The van der Waals surface area contributed by atoms with Gasteiger partial charge >= 0.3 is 5.97 Å². The van der Waals surface area contributed by atoms with Gasteiger partial charge in [-0.25, -0.2) is 18.2 Å². The van der Waals surface area contributed by atoms with Crippen molar-refractivity contribution in [1.29, 1.82) is 0 Å². The standard InChI is InChI=1S/C13H15N3O5S/c1-4-22(19,20)16(2)12-8-6-5-7-14-9(8)11(17)10(15-12)13(18)21-3/h5-7,17H,4H2,1-3H3. The van der Waals surface area contributed by atoms with Crippen LogP contribution in [0, 0.1) is 0 Å². The number of rotatable bonds is 4. The van der Waals surface area contributed by atoms with Crippen LogP contribution in [0.15, 0.2) is 18.3 Å². The SMILES string of the molecule is CCS(=O)(=O)N(C)c1nc(C(=O)OC)c(O)c2ncccc12. The monoisotopic (exact) mass is 325 g/mol. The molecular formula is C13H15N3O5S. The summed E-state index contributed by atoms with van der Waals surface area (Å²) in [6, 6.07) is 3.14. The fourth-order valence-corrected chi connectivity index (χ4v) is 2.70. The van der Waals surface area contributed by atoms with E-state index in [1.807, 2.05) is 0 Å². The average molecular weight is 325 g/mol. The van der Waals surface area contributed by atoms with E-state index in [-0.39, 0.29) is 22.8 Å². The lowest BCUT2D eigenvalue weighted by Gasteiger charge is -2.20. The van der Waals surface area contributed by atoms with Crippen molar-refractivity contribution in [2.75, 3.05) is 24.2 Å². The van der Waals surface area contributed by atoms with Gasteiger partial charge in [0.2, 0.25) is 10.0 Å². The zero-order valence-corrected chi connectivity index (χ0v) is 13.1. The molecule has 22 heavy (non-hydrogen) atoms. The third-order valence-corrected chi connectivity index (χ3v) is 4.91. The first kappa shape index (κ1) is 16.0. The zero-order valence-electron chi connectivity index (χ0n) is 12.3. The van der Waals surface area contributed by atoms with E-state index >= 15 is 0 Å². The third kappa shape index (κ3) is 2.54. The molecule has 2 aromatic rings. The Morgan fingerprint density at radius 1 is 1.45 bits per heavy atom. The lowest BCUT2D eigenvalue weighted by molar-refractivity contribution is 0.0591. The fourth-order valence-electron chi connectivity index (χ4n) is 1.91. The smallest absolute Gasteiger partial charge is 0.360 e. The maximum absolute atomic E-state index is 12.1. The lowest BCUT2D eigenvalue weighted by Crippen LogP contribution is -2.29. The first-order valence-corrected chi connectivity index (χ1v) is 7.97. The minimum Gasteiger partial charge on any atom is -0.504 e. The fraction of sp³-hybridized carbons (Fsp3) is 0.308. The molecule has 0 unspecified atom stereocenters. The number of carbonyl (C=O) groups excluding carboxylic acids is 1. The van der Waals surface area contributed by atoms with Crippen LogP contribution in [-0.2, 0) is 14.8 Å². The number of hydrogen-bond donors (Lipinski definition) is 1. The number of carbonyl (C=O) groups is 1. The van der Waals surface area contributed by atoms with Gasteiger partial charge in [0.25, 0.3) is 0 Å². The summed E-state index contributed by atoms with van der Waals surface area (Å²) in [4.78, 5) is 19.7. The average Bonchev–Trinajstić information content (AvgIpc) is 2.54. The second kappa shape index (κ2) is 5.76. The van der Waals surface area contributed by atoms with Crippen LogP contribution in [0.2, 0.25) is 0 Å². The van der Waals surface area contributed by atoms with Crippen molar-refractivity contribution in [3.05, 3.63) is 24.0 Å². The molecule has 8 nitrogen and oxygen atoms in total. The number of nitrogens with zero attached hydrogens (tertiary/aromatic N) is 3. The highest BCUT2D eigenvalue weighted by Gasteiger charge is 2.25. The molecule has 0 bridgehead atoms. The molecule has 0 aliphatic heterocycles. The Kier molecular flexibility index (Phi) is 4.18. The summed E-state index contributed by atoms with van der Waals surface area (Å²) in [7, 11) is -1.13. The van der Waals surface area contributed by atoms with E-state index in [0.717, 1.165) is 11.4 Å². The van der Waals surface area contributed by atoms with Crippen molar-refractivity contribution in [3.63, 3.8) is 0 Å². The second-order valence-electron chi connectivity index (χ2n) is 4.39. The van der Waals surface area contributed by atoms with Crippen molar-refractivity contribution >= 4 is 32.7 Å². The number of aromatic hydroxyl groups is 1. The predicted octanol–water partition coefficient (Wildman–Crippen LogP) is 0.908. The number of pyridine rings is 2. The molecule has 9 heteroatoms. The van der Waals surface area contributed by atoms with Gasteiger partial charge < -0.3 is 9.84 Å². The number of aromatic nitrogens is 2. The topological polar surface area (TPSA) is 110 Å². The summed E-state index contributed by atoms with van der Waals surface area (Å²) in [5.74, 6) is -1.47. The summed E-state index contributed by atoms with van der Waals surface area (Å²) in [5.41, 5.74) is -0.312. The Bertz CT molecular complexity index is 835. The van der Waals surface area contributed by atoms with E-state index in [1.54, 1.807) is 12.1 Å². The Morgan fingerprint density at radius 3 is 2.73 bits per heavy atom. The molecule has 0 aliphatic carbocycles. The van der Waals surface area contributed by atoms with E-state index in [2.05, 4.69) is 14.7 Å². The molecule has 0 atom stereocenters. The van der Waals surface area contributed by atoms with Gasteiger partial charge in [-0.2, -0.15) is 0 Å². The van der Waals surface area contributed by atoms with Crippen molar-refractivity contribution in [3.8, 4) is 5.75 Å². The van der Waals surface area contributed by atoms with Crippen molar-refractivity contribution in [2.24, 2.45) is 0 Å². The number of hydrogen-bond acceptors (Lipinski definition) is 7. The molecule has 2 aromatic heterocycles. The van der Waals surface area contributed by atoms with Crippen LogP contribution < -0.4 is 4.31 Å². The van der Waals surface area contributed by atoms with E-state index in [0.29, 0.717) is 5.39 Å². The van der Waals surface area contributed by atoms with Gasteiger partial charge in [0.15, 0.2) is 17.3 Å². The Hall–Kier alpha value is -2.42. The third-order valence-electron chi connectivity index (χ3n) is 3.17. The van der Waals surface area contributed by atoms with Crippen LogP contribution in [0.1, 0.15) is 17.4 Å². The molecule has 0 spiro atoms. The van der Waals surface area contributed by atoms with E-state index in [4.69, 9.17) is 0 Å². The van der Waals surface area contributed by atoms with Gasteiger partial charge in [-0.15, -0.1) is 0 Å². The first-order valence-electron chi connectivity index (χ1n) is 6.36. The number of ether oxygens (including phenoxy) is 1. The van der Waals surface area contributed by atoms with Crippen LogP contribution >= 0.6 is 0 Å². The van der Waals surface area contributed by atoms with Crippen LogP contribution in [0.5, 0.6) is 5.75 Å². The van der Waals surface area contributed by atoms with Gasteiger partial charge in [0.1, 0.15) is 5.52 Å². The summed E-state index contributed by atoms with van der Waals surface area (Å²) < 4.78 is 29.6. The number of fused-ring (bicyclic) bond motifs is 1. The molecule has 0 radical (unpaired) electrons. The maximum atomic E-state index is 12.1. The predicted molar refractivity (Wildman–Crippen MR) is 80.4 cm³/mol. The Morgan fingerprint density at radius 2 is 2.14 bits per heavy atom. The van der Waals surface area contributed by atoms with E-state index in [1.165, 1.54) is 20.2 Å². The number of anilines is 1. The molecule has 1 N–H and O–H groups in total. The largest absolute Gasteiger partial charge is 0.504 e. The number of esters is 1. The van der Waals surface area contributed by atoms with Gasteiger partial charge in [-0.3, -0.25) is 9.29 Å². The summed E-state index contributed by atoms with van der Waals surface area (Å²) in [5, 5.41) is 10.4. The quantitative estimate of drug-likeness (QED) is 0.832. The summed E-state index contributed by atoms with van der Waals surface area (Å²) >= 11 is 0. The molecular weight excluding hydrogens is 310 g/mol. The Balaban J connectivity index is 2.83. The van der Waals surface area contributed by atoms with Crippen LogP contribution in [0.25, 0.3) is 10.9 Å². The molecule has 0 saturated carbocycles. The highest BCUT2D eigenvalue weighted by atomic mass is 32.2. The molecule has 2 rings (SSSR count). The van der Waals surface area contributed by atoms with Gasteiger partial charge in [0.05, 0.1) is 12.9 Å². The van der Waals surface area contributed by atoms with Crippen molar-refractivity contribution in [1.82, 2.24) is 9.97 Å². The van der Waals surface area contributed by atoms with Crippen molar-refractivity contribution in [2.45, 2.75) is 6.92 Å². The van der Waals surface area contributed by atoms with Crippen LogP contribution in [0.3, 0.4) is 0 Å². The van der Waals surface area contributed by atoms with Gasteiger partial charge in [-0.1, -0.05) is 0 Å². The molecule has 0 saturated heterocycles. The van der Waals surface area contributed by atoms with Crippen LogP contribution in [0.4, 0.5) is 5.82 Å². The Labute approximate surface area is 127 Å². The van der Waals surface area contributed by atoms with E-state index in [9.17, 15) is 18.3 Å². The second-order valence-corrected chi connectivity index (χ2v) is 6.68. The summed E-state index contributed by atoms with van der Waals surface area (Å²) in [6.45, 7) is 1.49. The molecule has 118 valence electrons. The van der Waals surface area contributed by atoms with Gasteiger partial charge in [0, 0.05) is 18.6 Å². The maximum Gasteiger partial charge on any atom is 0.360 e. The highest BCUT2D eigenvalue weighted by Crippen LogP contribution is 2.33. The highest BCUT2D eigenvalue weighted by molar-refractivity contribution is 7.92. The zero-order chi connectivity index (χ0) is 16.5. The number of sulfonamides is 1. The normalized spacial score (nSPS) is 11.4. The van der Waals surface area contributed by atoms with E-state index < -0.39 is 21.7 Å². The summed E-state index contributed by atoms with van der Waals surface area (Å²) in [6.07, 6.45) is 1.42. The first-order chi connectivity index (χ1) is 10.3. The minimum atomic E-state index is -3.60. The minimum absolute atomic E-state index is 0.00292. The number of methoxy groups -OCH3 is 1. The van der Waals surface area contributed by atoms with Crippen LogP contribution in [-0.4, -0.2) is 49.4 Å². The lowest BCUT2D eigenvalue weighted by atomic mass is 10.2. The van der Waals surface area contributed by atoms with Crippen molar-refractivity contribution < 1.29 is 23.1 Å².